The van der Waals surface area contributed by atoms with Gasteiger partial charge in [0.15, 0.2) is 5.82 Å². The summed E-state index contributed by atoms with van der Waals surface area (Å²) in [4.78, 5) is 8.07. The maximum Gasteiger partial charge on any atom is 0.165 e. The van der Waals surface area contributed by atoms with E-state index >= 15 is 0 Å². The van der Waals surface area contributed by atoms with Gasteiger partial charge in [0, 0.05) is 0 Å². The lowest BCUT2D eigenvalue weighted by Crippen LogP contribution is -1.98. The van der Waals surface area contributed by atoms with Crippen molar-refractivity contribution in [3.63, 3.8) is 0 Å². The Morgan fingerprint density at radius 1 is 1.53 bits per heavy atom. The minimum atomic E-state index is 0.183. The maximum absolute atomic E-state index is 8.67. The number of nitriles is 1. The van der Waals surface area contributed by atoms with Gasteiger partial charge in [-0.3, -0.25) is 0 Å². The Morgan fingerprint density at radius 3 is 2.87 bits per heavy atom. The Labute approximate surface area is 86.2 Å². The average molecular weight is 200 g/mol. The summed E-state index contributed by atoms with van der Waals surface area (Å²) < 4.78 is 5.13. The number of furan rings is 1. The lowest BCUT2D eigenvalue weighted by molar-refractivity contribution is 0.535. The van der Waals surface area contributed by atoms with E-state index in [2.05, 4.69) is 9.97 Å². The largest absolute Gasteiger partial charge is 0.469 e. The number of rotatable bonds is 1. The fourth-order valence-corrected chi connectivity index (χ4v) is 1.23. The number of nitrogens with two attached hydrogens (primary N) is 1. The molecular formula is C10H8N4O. The molecule has 2 rings (SSSR count). The van der Waals surface area contributed by atoms with E-state index < -0.39 is 0 Å². The molecule has 0 aliphatic carbocycles. The zero-order valence-corrected chi connectivity index (χ0v) is 8.06. The quantitative estimate of drug-likeness (QED) is 0.753. The summed E-state index contributed by atoms with van der Waals surface area (Å²) in [5.74, 6) is 1.37. The van der Waals surface area contributed by atoms with E-state index in [1.165, 1.54) is 6.20 Å². The van der Waals surface area contributed by atoms with E-state index in [4.69, 9.17) is 15.4 Å². The van der Waals surface area contributed by atoms with Crippen LogP contribution in [-0.2, 0) is 0 Å². The second kappa shape index (κ2) is 3.42. The molecule has 0 atom stereocenters. The molecule has 0 saturated carbocycles. The first-order valence-electron chi connectivity index (χ1n) is 4.29. The highest BCUT2D eigenvalue weighted by atomic mass is 16.3. The molecule has 0 spiro atoms. The predicted octanol–water partition coefficient (Wildman–Crippen LogP) is 1.50. The van der Waals surface area contributed by atoms with Crippen LogP contribution in [0.3, 0.4) is 0 Å². The number of nitrogen functional groups attached to an aromatic ring is 1. The van der Waals surface area contributed by atoms with Crippen molar-refractivity contribution < 1.29 is 4.42 Å². The summed E-state index contributed by atoms with van der Waals surface area (Å²) in [6, 6.07) is 3.67. The van der Waals surface area contributed by atoms with Crippen LogP contribution < -0.4 is 5.73 Å². The molecule has 5 nitrogen and oxygen atoms in total. The van der Waals surface area contributed by atoms with E-state index in [0.29, 0.717) is 5.82 Å². The fourth-order valence-electron chi connectivity index (χ4n) is 1.23. The Balaban J connectivity index is 2.53. The standard InChI is InChI=1S/C10H8N4O/c1-6-8(2-3-15-6)10-13-5-7(4-11)9(12)14-10/h2-3,5H,1H3,(H2,12,13,14). The molecule has 74 valence electrons. The molecule has 0 aliphatic heterocycles. The third-order valence-corrected chi connectivity index (χ3v) is 2.04. The van der Waals surface area contributed by atoms with Crippen LogP contribution in [0.25, 0.3) is 11.4 Å². The zero-order valence-electron chi connectivity index (χ0n) is 8.06. The molecule has 2 aromatic heterocycles. The number of nitrogens with zero attached hydrogens (tertiary/aromatic N) is 3. The van der Waals surface area contributed by atoms with Gasteiger partial charge in [0.25, 0.3) is 0 Å². The Bertz CT molecular complexity index is 539. The maximum atomic E-state index is 8.67. The Morgan fingerprint density at radius 2 is 2.33 bits per heavy atom. The molecule has 2 N–H and O–H groups in total. The molecule has 2 heterocycles. The zero-order chi connectivity index (χ0) is 10.8. The molecular weight excluding hydrogens is 192 g/mol. The Kier molecular flexibility index (Phi) is 2.10. The van der Waals surface area contributed by atoms with Crippen LogP contribution in [0.2, 0.25) is 0 Å². The van der Waals surface area contributed by atoms with Gasteiger partial charge in [0.05, 0.1) is 18.0 Å². The van der Waals surface area contributed by atoms with E-state index in [-0.39, 0.29) is 11.4 Å². The smallest absolute Gasteiger partial charge is 0.165 e. The summed E-state index contributed by atoms with van der Waals surface area (Å²) in [6.45, 7) is 1.81. The summed E-state index contributed by atoms with van der Waals surface area (Å²) in [5, 5.41) is 8.67. The third kappa shape index (κ3) is 1.53. The van der Waals surface area contributed by atoms with Crippen LogP contribution in [0.15, 0.2) is 22.9 Å². The van der Waals surface area contributed by atoms with Gasteiger partial charge in [-0.1, -0.05) is 0 Å². The van der Waals surface area contributed by atoms with Gasteiger partial charge >= 0.3 is 0 Å². The van der Waals surface area contributed by atoms with Crippen LogP contribution in [0, 0.1) is 18.3 Å². The molecule has 0 aromatic carbocycles. The SMILES string of the molecule is Cc1occc1-c1ncc(C#N)c(N)n1. The van der Waals surface area contributed by atoms with Gasteiger partial charge in [0.2, 0.25) is 0 Å². The van der Waals surface area contributed by atoms with Gasteiger partial charge in [0.1, 0.15) is 23.2 Å². The highest BCUT2D eigenvalue weighted by Crippen LogP contribution is 2.21. The second-order valence-electron chi connectivity index (χ2n) is 2.99. The highest BCUT2D eigenvalue weighted by Gasteiger charge is 2.09. The molecule has 15 heavy (non-hydrogen) atoms. The van der Waals surface area contributed by atoms with E-state index in [9.17, 15) is 0 Å². The highest BCUT2D eigenvalue weighted by molar-refractivity contribution is 5.60. The van der Waals surface area contributed by atoms with Crippen LogP contribution in [0.1, 0.15) is 11.3 Å². The summed E-state index contributed by atoms with van der Waals surface area (Å²) in [6.07, 6.45) is 2.96. The number of aromatic nitrogens is 2. The first-order valence-corrected chi connectivity index (χ1v) is 4.29. The van der Waals surface area contributed by atoms with Gasteiger partial charge in [-0.05, 0) is 13.0 Å². The minimum Gasteiger partial charge on any atom is -0.469 e. The van der Waals surface area contributed by atoms with Crippen LogP contribution >= 0.6 is 0 Å². The van der Waals surface area contributed by atoms with Gasteiger partial charge < -0.3 is 10.2 Å². The molecule has 0 bridgehead atoms. The van der Waals surface area contributed by atoms with Crippen molar-refractivity contribution in [2.75, 3.05) is 5.73 Å². The number of aryl methyl sites for hydroxylation is 1. The van der Waals surface area contributed by atoms with E-state index in [1.807, 2.05) is 13.0 Å². The van der Waals surface area contributed by atoms with Crippen molar-refractivity contribution in [3.8, 4) is 17.5 Å². The lowest BCUT2D eigenvalue weighted by atomic mass is 10.2. The average Bonchev–Trinajstić information content (AvgIpc) is 2.64. The number of hydrogen-bond donors (Lipinski definition) is 1. The van der Waals surface area contributed by atoms with Crippen molar-refractivity contribution in [2.24, 2.45) is 0 Å². The van der Waals surface area contributed by atoms with Crippen molar-refractivity contribution in [2.45, 2.75) is 6.92 Å². The van der Waals surface area contributed by atoms with Crippen molar-refractivity contribution in [1.29, 1.82) is 5.26 Å². The lowest BCUT2D eigenvalue weighted by Gasteiger charge is -2.00. The molecule has 0 saturated heterocycles. The summed E-state index contributed by atoms with van der Waals surface area (Å²) in [7, 11) is 0. The van der Waals surface area contributed by atoms with Crippen molar-refractivity contribution >= 4 is 5.82 Å². The first-order chi connectivity index (χ1) is 7.22. The third-order valence-electron chi connectivity index (χ3n) is 2.04. The molecule has 0 fully saturated rings. The summed E-state index contributed by atoms with van der Waals surface area (Å²) >= 11 is 0. The molecule has 0 radical (unpaired) electrons. The number of anilines is 1. The minimum absolute atomic E-state index is 0.183. The van der Waals surface area contributed by atoms with Crippen LogP contribution in [-0.4, -0.2) is 9.97 Å². The number of hydrogen-bond acceptors (Lipinski definition) is 5. The fraction of sp³-hybridized carbons (Fsp3) is 0.100. The summed E-state index contributed by atoms with van der Waals surface area (Å²) in [5.41, 5.74) is 6.65. The van der Waals surface area contributed by atoms with Crippen LogP contribution in [0.5, 0.6) is 0 Å². The van der Waals surface area contributed by atoms with Crippen molar-refractivity contribution in [3.05, 3.63) is 29.9 Å². The molecule has 5 heteroatoms. The van der Waals surface area contributed by atoms with Gasteiger partial charge in [-0.2, -0.15) is 5.26 Å². The van der Waals surface area contributed by atoms with E-state index in [0.717, 1.165) is 11.3 Å². The van der Waals surface area contributed by atoms with E-state index in [1.54, 1.807) is 12.3 Å². The molecule has 0 aliphatic rings. The van der Waals surface area contributed by atoms with Crippen LogP contribution in [0.4, 0.5) is 5.82 Å². The monoisotopic (exact) mass is 200 g/mol. The predicted molar refractivity (Wildman–Crippen MR) is 53.6 cm³/mol. The Hall–Kier alpha value is -2.35. The van der Waals surface area contributed by atoms with Gasteiger partial charge in [-0.15, -0.1) is 0 Å². The normalized spacial score (nSPS) is 9.87. The van der Waals surface area contributed by atoms with Crippen molar-refractivity contribution in [1.82, 2.24) is 9.97 Å². The molecule has 0 unspecified atom stereocenters. The van der Waals surface area contributed by atoms with Gasteiger partial charge in [-0.25, -0.2) is 9.97 Å². The second-order valence-corrected chi connectivity index (χ2v) is 2.99. The first kappa shape index (κ1) is 9.21. The molecule has 0 amide bonds. The molecule has 2 aromatic rings. The topological polar surface area (TPSA) is 88.7 Å².